The lowest BCUT2D eigenvalue weighted by Crippen LogP contribution is -2.12. The average Bonchev–Trinajstić information content (AvgIpc) is 2.85. The summed E-state index contributed by atoms with van der Waals surface area (Å²) >= 11 is 0. The zero-order valence-corrected chi connectivity index (χ0v) is 7.12. The fourth-order valence-corrected chi connectivity index (χ4v) is 1.16. The minimum Gasteiger partial charge on any atom is -0.326 e. The number of rotatable bonds is 2. The van der Waals surface area contributed by atoms with Crippen LogP contribution in [0.1, 0.15) is 12.8 Å². The first kappa shape index (κ1) is 8.10. The Labute approximate surface area is 76.4 Å². The number of carbonyl (C=O) groups is 1. The molecule has 0 heterocycles. The Hall–Kier alpha value is -1.51. The van der Waals surface area contributed by atoms with Crippen LogP contribution in [0.3, 0.4) is 0 Å². The van der Waals surface area contributed by atoms with Gasteiger partial charge in [0.15, 0.2) is 5.75 Å². The summed E-state index contributed by atoms with van der Waals surface area (Å²) in [4.78, 5) is 11.3. The number of carbonyl (C=O) groups excluding carboxylic acids is 1. The van der Waals surface area contributed by atoms with Crippen molar-refractivity contribution in [2.24, 2.45) is 5.92 Å². The van der Waals surface area contributed by atoms with Crippen LogP contribution in [-0.4, -0.2) is 5.91 Å². The van der Waals surface area contributed by atoms with Crippen LogP contribution in [0.25, 0.3) is 0 Å². The zero-order chi connectivity index (χ0) is 9.26. The van der Waals surface area contributed by atoms with Crippen LogP contribution in [0.15, 0.2) is 24.3 Å². The Kier molecular flexibility index (Phi) is 1.93. The highest BCUT2D eigenvalue weighted by atomic mass is 16.3. The number of hydrogen-bond donors (Lipinski definition) is 1. The van der Waals surface area contributed by atoms with Gasteiger partial charge >= 0.3 is 0 Å². The first-order valence-electron chi connectivity index (χ1n) is 4.33. The Morgan fingerprint density at radius 1 is 1.38 bits per heavy atom. The summed E-state index contributed by atoms with van der Waals surface area (Å²) in [5.74, 6) is 0.134. The lowest BCUT2D eigenvalue weighted by molar-refractivity contribution is -0.117. The Balaban J connectivity index is 2.04. The van der Waals surface area contributed by atoms with E-state index in [9.17, 15) is 9.90 Å². The normalized spacial score (nSPS) is 15.4. The molecule has 0 unspecified atom stereocenters. The third kappa shape index (κ3) is 1.99. The van der Waals surface area contributed by atoms with Gasteiger partial charge in [-0.25, -0.2) is 0 Å². The third-order valence-corrected chi connectivity index (χ3v) is 2.05. The topological polar surface area (TPSA) is 49.0 Å². The second-order valence-corrected chi connectivity index (χ2v) is 3.29. The first-order valence-corrected chi connectivity index (χ1v) is 4.33. The van der Waals surface area contributed by atoms with Crippen molar-refractivity contribution in [3.05, 3.63) is 24.3 Å². The molecule has 13 heavy (non-hydrogen) atoms. The largest absolute Gasteiger partial charge is 0.326 e. The number of nitrogens with one attached hydrogen (secondary N) is 1. The van der Waals surface area contributed by atoms with E-state index in [0.717, 1.165) is 12.8 Å². The van der Waals surface area contributed by atoms with Crippen molar-refractivity contribution in [1.82, 2.24) is 0 Å². The highest BCUT2D eigenvalue weighted by molar-refractivity contribution is 5.94. The molecule has 0 atom stereocenters. The molecule has 1 saturated carbocycles. The number of benzene rings is 1. The van der Waals surface area contributed by atoms with E-state index in [2.05, 4.69) is 5.32 Å². The third-order valence-electron chi connectivity index (χ3n) is 2.05. The van der Waals surface area contributed by atoms with Crippen molar-refractivity contribution >= 4 is 11.6 Å². The second kappa shape index (κ2) is 3.09. The van der Waals surface area contributed by atoms with Crippen LogP contribution >= 0.6 is 0 Å². The van der Waals surface area contributed by atoms with E-state index in [-0.39, 0.29) is 17.6 Å². The summed E-state index contributed by atoms with van der Waals surface area (Å²) < 4.78 is 0. The molecule has 1 aromatic carbocycles. The summed E-state index contributed by atoms with van der Waals surface area (Å²) in [6, 6.07) is 6.26. The standard InChI is InChI=1S/C10H10NO2/c12-9-3-1-2-8(6-9)11-10(13)7-4-5-7/h1-3,6-7H,4-5H2,(H,11,13). The highest BCUT2D eigenvalue weighted by Crippen LogP contribution is 2.30. The summed E-state index contributed by atoms with van der Waals surface area (Å²) in [6.07, 6.45) is 1.95. The molecule has 0 saturated heterocycles. The van der Waals surface area contributed by atoms with E-state index >= 15 is 0 Å². The van der Waals surface area contributed by atoms with Gasteiger partial charge in [0, 0.05) is 17.7 Å². The van der Waals surface area contributed by atoms with E-state index in [4.69, 9.17) is 0 Å². The van der Waals surface area contributed by atoms with Crippen LogP contribution in [0.5, 0.6) is 5.75 Å². The molecule has 3 heteroatoms. The lowest BCUT2D eigenvalue weighted by Gasteiger charge is -2.02. The monoisotopic (exact) mass is 176 g/mol. The molecule has 1 aliphatic carbocycles. The summed E-state index contributed by atoms with van der Waals surface area (Å²) in [5, 5.41) is 13.6. The molecule has 3 nitrogen and oxygen atoms in total. The zero-order valence-electron chi connectivity index (χ0n) is 7.12. The molecule has 0 aromatic heterocycles. The molecule has 1 radical (unpaired) electrons. The van der Waals surface area contributed by atoms with Crippen molar-refractivity contribution in [3.63, 3.8) is 0 Å². The maximum Gasteiger partial charge on any atom is 0.227 e. The van der Waals surface area contributed by atoms with Gasteiger partial charge in [-0.2, -0.15) is 0 Å². The minimum absolute atomic E-state index is 0.0330. The van der Waals surface area contributed by atoms with Crippen LogP contribution < -0.4 is 5.32 Å². The van der Waals surface area contributed by atoms with E-state index < -0.39 is 0 Å². The smallest absolute Gasteiger partial charge is 0.227 e. The number of hydrogen-bond acceptors (Lipinski definition) is 1. The average molecular weight is 176 g/mol. The molecule has 0 aliphatic heterocycles. The molecule has 1 aromatic rings. The summed E-state index contributed by atoms with van der Waals surface area (Å²) in [5.41, 5.74) is 0.601. The van der Waals surface area contributed by atoms with Gasteiger partial charge in [-0.15, -0.1) is 0 Å². The molecule has 1 amide bonds. The van der Waals surface area contributed by atoms with Crippen molar-refractivity contribution < 1.29 is 9.90 Å². The Morgan fingerprint density at radius 2 is 2.15 bits per heavy atom. The maximum absolute atomic E-state index is 11.3. The van der Waals surface area contributed by atoms with Gasteiger partial charge in [-0.1, -0.05) is 6.07 Å². The van der Waals surface area contributed by atoms with E-state index in [0.29, 0.717) is 5.69 Å². The molecule has 1 fully saturated rings. The Bertz CT molecular complexity index is 331. The van der Waals surface area contributed by atoms with Gasteiger partial charge in [0.25, 0.3) is 0 Å². The molecule has 67 valence electrons. The van der Waals surface area contributed by atoms with Crippen molar-refractivity contribution in [3.8, 4) is 5.75 Å². The van der Waals surface area contributed by atoms with E-state index in [1.54, 1.807) is 12.1 Å². The van der Waals surface area contributed by atoms with Crippen molar-refractivity contribution in [1.29, 1.82) is 0 Å². The van der Waals surface area contributed by atoms with Crippen molar-refractivity contribution in [2.45, 2.75) is 12.8 Å². The molecule has 2 rings (SSSR count). The summed E-state index contributed by atoms with van der Waals surface area (Å²) in [7, 11) is 0. The number of amides is 1. The maximum atomic E-state index is 11.3. The van der Waals surface area contributed by atoms with E-state index in [1.807, 2.05) is 0 Å². The molecule has 0 spiro atoms. The fourth-order valence-electron chi connectivity index (χ4n) is 1.16. The fraction of sp³-hybridized carbons (Fsp3) is 0.300. The van der Waals surface area contributed by atoms with Gasteiger partial charge in [0.2, 0.25) is 5.91 Å². The van der Waals surface area contributed by atoms with Crippen molar-refractivity contribution in [2.75, 3.05) is 5.32 Å². The molecular weight excluding hydrogens is 166 g/mol. The van der Waals surface area contributed by atoms with Gasteiger partial charge in [-0.3, -0.25) is 9.90 Å². The Morgan fingerprint density at radius 3 is 2.77 bits per heavy atom. The molecular formula is C10H10NO2. The predicted molar refractivity (Wildman–Crippen MR) is 47.9 cm³/mol. The van der Waals surface area contributed by atoms with Gasteiger partial charge in [-0.05, 0) is 25.0 Å². The first-order chi connectivity index (χ1) is 6.25. The molecule has 1 N–H and O–H groups in total. The SMILES string of the molecule is [O]c1cccc(NC(=O)C2CC2)c1. The lowest BCUT2D eigenvalue weighted by atomic mass is 10.3. The van der Waals surface area contributed by atoms with Crippen LogP contribution in [0.2, 0.25) is 0 Å². The minimum atomic E-state index is -0.0754. The van der Waals surface area contributed by atoms with Gasteiger partial charge in [0.05, 0.1) is 0 Å². The van der Waals surface area contributed by atoms with Crippen LogP contribution in [-0.2, 0) is 9.90 Å². The molecule has 1 aliphatic rings. The van der Waals surface area contributed by atoms with Crippen LogP contribution in [0.4, 0.5) is 5.69 Å². The van der Waals surface area contributed by atoms with E-state index in [1.165, 1.54) is 12.1 Å². The quantitative estimate of drug-likeness (QED) is 0.737. The highest BCUT2D eigenvalue weighted by Gasteiger charge is 2.29. The molecule has 0 bridgehead atoms. The van der Waals surface area contributed by atoms with Crippen LogP contribution in [0, 0.1) is 5.92 Å². The predicted octanol–water partition coefficient (Wildman–Crippen LogP) is 2.18. The summed E-state index contributed by atoms with van der Waals surface area (Å²) in [6.45, 7) is 0. The van der Waals surface area contributed by atoms with Gasteiger partial charge in [0.1, 0.15) is 0 Å². The van der Waals surface area contributed by atoms with Gasteiger partial charge < -0.3 is 5.32 Å². The second-order valence-electron chi connectivity index (χ2n) is 3.29. The number of anilines is 1.